The van der Waals surface area contributed by atoms with E-state index in [0.717, 1.165) is 28.9 Å². The van der Waals surface area contributed by atoms with Gasteiger partial charge >= 0.3 is 0 Å². The van der Waals surface area contributed by atoms with Crippen molar-refractivity contribution in [1.29, 1.82) is 0 Å². The molecule has 2 aliphatic rings. The number of amides is 4. The molecule has 2 heterocycles. The van der Waals surface area contributed by atoms with Crippen LogP contribution < -0.4 is 5.32 Å². The van der Waals surface area contributed by atoms with Gasteiger partial charge in [-0.3, -0.25) is 33.6 Å². The van der Waals surface area contributed by atoms with E-state index >= 15 is 0 Å². The second-order valence-corrected chi connectivity index (χ2v) is 10.3. The topological polar surface area (TPSA) is 127 Å². The summed E-state index contributed by atoms with van der Waals surface area (Å²) in [4.78, 5) is 50.3. The molecule has 2 aliphatic heterocycles. The molecule has 2 aromatic carbocycles. The summed E-state index contributed by atoms with van der Waals surface area (Å²) in [6, 6.07) is 10.5. The number of nitrogens with zero attached hydrogens (tertiary/aromatic N) is 1. The molecule has 1 atom stereocenters. The van der Waals surface area contributed by atoms with Crippen molar-refractivity contribution in [1.82, 2.24) is 10.2 Å². The van der Waals surface area contributed by atoms with E-state index in [1.54, 1.807) is 30.3 Å². The summed E-state index contributed by atoms with van der Waals surface area (Å²) in [7, 11) is -3.78. The van der Waals surface area contributed by atoms with Gasteiger partial charge in [0.05, 0.1) is 22.6 Å². The fraction of sp³-hybridized carbons (Fsp3) is 0.360. The van der Waals surface area contributed by atoms with Gasteiger partial charge in [0.2, 0.25) is 11.8 Å². The van der Waals surface area contributed by atoms with E-state index in [1.165, 1.54) is 12.1 Å². The number of imide groups is 2. The minimum absolute atomic E-state index is 0.0745. The quantitative estimate of drug-likeness (QED) is 0.320. The van der Waals surface area contributed by atoms with Gasteiger partial charge in [0.25, 0.3) is 21.9 Å². The number of carbonyl (C=O) groups excluding carboxylic acids is 4. The van der Waals surface area contributed by atoms with E-state index < -0.39 is 39.8 Å². The first kappa shape index (κ1) is 24.7. The molecule has 1 saturated heterocycles. The lowest BCUT2D eigenvalue weighted by Crippen LogP contribution is -2.54. The second-order valence-electron chi connectivity index (χ2n) is 8.73. The zero-order valence-corrected chi connectivity index (χ0v) is 20.1. The zero-order chi connectivity index (χ0) is 25.2. The molecule has 0 aliphatic carbocycles. The first-order valence-electron chi connectivity index (χ1n) is 11.5. The van der Waals surface area contributed by atoms with Crippen LogP contribution in [0.15, 0.2) is 47.4 Å². The fourth-order valence-electron chi connectivity index (χ4n) is 4.22. The van der Waals surface area contributed by atoms with Crippen molar-refractivity contribution in [3.8, 4) is 0 Å². The molecule has 0 saturated carbocycles. The van der Waals surface area contributed by atoms with Crippen molar-refractivity contribution in [2.45, 2.75) is 56.4 Å². The summed E-state index contributed by atoms with van der Waals surface area (Å²) in [6.07, 6.45) is 2.84. The van der Waals surface area contributed by atoms with Gasteiger partial charge in [-0.1, -0.05) is 30.2 Å². The molecular formula is C25H26N2O7S. The highest BCUT2D eigenvalue weighted by Crippen LogP contribution is 2.28. The van der Waals surface area contributed by atoms with Crippen LogP contribution in [0.1, 0.15) is 63.9 Å². The summed E-state index contributed by atoms with van der Waals surface area (Å²) in [5, 5.41) is 2.18. The number of unbranched alkanes of at least 4 members (excludes halogenated alkanes) is 2. The van der Waals surface area contributed by atoms with Crippen molar-refractivity contribution in [3.63, 3.8) is 0 Å². The lowest BCUT2D eigenvalue weighted by Gasteiger charge is -2.27. The normalized spacial score (nSPS) is 18.1. The van der Waals surface area contributed by atoms with E-state index in [2.05, 4.69) is 5.32 Å². The number of carbonyl (C=O) groups is 4. The maximum absolute atomic E-state index is 12.9. The van der Waals surface area contributed by atoms with Gasteiger partial charge in [0.1, 0.15) is 6.04 Å². The molecule has 184 valence electrons. The Kier molecular flexibility index (Phi) is 7.13. The number of nitrogens with one attached hydrogen (secondary N) is 1. The highest BCUT2D eigenvalue weighted by molar-refractivity contribution is 7.86. The van der Waals surface area contributed by atoms with Gasteiger partial charge in [-0.2, -0.15) is 8.42 Å². The van der Waals surface area contributed by atoms with E-state index in [4.69, 9.17) is 4.18 Å². The fourth-order valence-corrected chi connectivity index (χ4v) is 5.17. The molecule has 0 aromatic heterocycles. The molecule has 4 amide bonds. The summed E-state index contributed by atoms with van der Waals surface area (Å²) in [5.41, 5.74) is 2.33. The highest BCUT2D eigenvalue weighted by atomic mass is 32.2. The van der Waals surface area contributed by atoms with Crippen molar-refractivity contribution in [3.05, 3.63) is 64.7 Å². The number of hydrogen-bond acceptors (Lipinski definition) is 7. The number of benzene rings is 2. The number of aryl methyl sites for hydroxylation is 2. The Bertz CT molecular complexity index is 1290. The molecular weight excluding hydrogens is 472 g/mol. The summed E-state index contributed by atoms with van der Waals surface area (Å²) in [6.45, 7) is 1.95. The van der Waals surface area contributed by atoms with E-state index in [9.17, 15) is 27.6 Å². The lowest BCUT2D eigenvalue weighted by atomic mass is 10.0. The maximum atomic E-state index is 12.9. The Morgan fingerprint density at radius 1 is 0.943 bits per heavy atom. The smallest absolute Gasteiger partial charge is 0.295 e. The number of hydrogen-bond donors (Lipinski definition) is 1. The monoisotopic (exact) mass is 498 g/mol. The van der Waals surface area contributed by atoms with Crippen molar-refractivity contribution in [2.24, 2.45) is 0 Å². The van der Waals surface area contributed by atoms with Crippen LogP contribution in [0.3, 0.4) is 0 Å². The SMILES string of the molecule is Cc1ccc(S(=O)(=O)OCCCCCc2ccc3c(c2)C(=O)N(C2CCC(=O)NC2=O)C3=O)cc1. The average molecular weight is 499 g/mol. The van der Waals surface area contributed by atoms with Gasteiger partial charge in [0.15, 0.2) is 0 Å². The zero-order valence-electron chi connectivity index (χ0n) is 19.3. The van der Waals surface area contributed by atoms with Crippen LogP contribution in [0.5, 0.6) is 0 Å². The van der Waals surface area contributed by atoms with Crippen LogP contribution in [0.25, 0.3) is 0 Å². The molecule has 1 N–H and O–H groups in total. The van der Waals surface area contributed by atoms with Crippen molar-refractivity contribution >= 4 is 33.7 Å². The van der Waals surface area contributed by atoms with Gasteiger partial charge < -0.3 is 0 Å². The van der Waals surface area contributed by atoms with Crippen LogP contribution in [0.2, 0.25) is 0 Å². The number of piperidine rings is 1. The molecule has 9 nitrogen and oxygen atoms in total. The van der Waals surface area contributed by atoms with Gasteiger partial charge in [0, 0.05) is 6.42 Å². The highest BCUT2D eigenvalue weighted by Gasteiger charge is 2.44. The Hall–Kier alpha value is -3.37. The predicted molar refractivity (Wildman–Crippen MR) is 125 cm³/mol. The maximum Gasteiger partial charge on any atom is 0.296 e. The molecule has 0 spiro atoms. The van der Waals surface area contributed by atoms with Crippen LogP contribution in [-0.2, 0) is 30.3 Å². The minimum atomic E-state index is -3.78. The van der Waals surface area contributed by atoms with Crippen LogP contribution in [0, 0.1) is 6.92 Å². The molecule has 0 bridgehead atoms. The first-order chi connectivity index (χ1) is 16.7. The van der Waals surface area contributed by atoms with E-state index in [-0.39, 0.29) is 35.5 Å². The second kappa shape index (κ2) is 10.1. The van der Waals surface area contributed by atoms with E-state index in [1.807, 2.05) is 6.92 Å². The largest absolute Gasteiger partial charge is 0.296 e. The minimum Gasteiger partial charge on any atom is -0.295 e. The Morgan fingerprint density at radius 2 is 1.66 bits per heavy atom. The van der Waals surface area contributed by atoms with Gasteiger partial charge in [-0.25, -0.2) is 0 Å². The first-order valence-corrected chi connectivity index (χ1v) is 12.9. The van der Waals surface area contributed by atoms with Gasteiger partial charge in [-0.15, -0.1) is 0 Å². The van der Waals surface area contributed by atoms with Crippen molar-refractivity contribution < 1.29 is 31.8 Å². The van der Waals surface area contributed by atoms with Crippen LogP contribution >= 0.6 is 0 Å². The predicted octanol–water partition coefficient (Wildman–Crippen LogP) is 2.51. The molecule has 1 unspecified atom stereocenters. The van der Waals surface area contributed by atoms with Gasteiger partial charge in [-0.05, 0) is 62.4 Å². The van der Waals surface area contributed by atoms with E-state index in [0.29, 0.717) is 12.8 Å². The summed E-state index contributed by atoms with van der Waals surface area (Å²) in [5.74, 6) is -2.11. The molecule has 35 heavy (non-hydrogen) atoms. The Labute approximate surface area is 203 Å². The Balaban J connectivity index is 1.28. The molecule has 0 radical (unpaired) electrons. The number of fused-ring (bicyclic) bond motifs is 1. The average Bonchev–Trinajstić information content (AvgIpc) is 3.06. The Morgan fingerprint density at radius 3 is 2.37 bits per heavy atom. The third-order valence-corrected chi connectivity index (χ3v) is 7.49. The molecule has 2 aromatic rings. The summed E-state index contributed by atoms with van der Waals surface area (Å²) < 4.78 is 29.5. The molecule has 10 heteroatoms. The molecule has 1 fully saturated rings. The third-order valence-electron chi connectivity index (χ3n) is 6.16. The molecule has 4 rings (SSSR count). The standard InChI is InChI=1S/C25H26N2O7S/c1-16-6-9-18(10-7-16)35(32,33)34-14-4-2-3-5-17-8-11-19-20(15-17)25(31)27(24(19)30)21-12-13-22(28)26-23(21)29/h6-11,15,21H,2-5,12-14H2,1H3,(H,26,28,29). The number of rotatable bonds is 9. The lowest BCUT2D eigenvalue weighted by molar-refractivity contribution is -0.136. The van der Waals surface area contributed by atoms with Crippen molar-refractivity contribution in [2.75, 3.05) is 6.61 Å². The van der Waals surface area contributed by atoms with Crippen LogP contribution in [0.4, 0.5) is 0 Å². The third kappa shape index (κ3) is 5.33. The summed E-state index contributed by atoms with van der Waals surface area (Å²) >= 11 is 0. The van der Waals surface area contributed by atoms with Crippen LogP contribution in [-0.4, -0.2) is 49.6 Å².